The van der Waals surface area contributed by atoms with E-state index < -0.39 is 0 Å². The predicted molar refractivity (Wildman–Crippen MR) is 75.0 cm³/mol. The van der Waals surface area contributed by atoms with E-state index in [1.54, 1.807) is 0 Å². The zero-order valence-electron chi connectivity index (χ0n) is 10.2. The SMILES string of the molecule is CCC1CCNC(Cc2ccc(Cl)cc2Cl)C1. The van der Waals surface area contributed by atoms with Crippen molar-refractivity contribution in [3.05, 3.63) is 33.8 Å². The maximum atomic E-state index is 6.21. The fraction of sp³-hybridized carbons (Fsp3) is 0.571. The second kappa shape index (κ2) is 6.08. The van der Waals surface area contributed by atoms with E-state index in [1.165, 1.54) is 24.8 Å². The van der Waals surface area contributed by atoms with E-state index in [0.29, 0.717) is 11.1 Å². The molecule has 3 heteroatoms. The highest BCUT2D eigenvalue weighted by Gasteiger charge is 2.20. The van der Waals surface area contributed by atoms with Crippen molar-refractivity contribution in [2.24, 2.45) is 5.92 Å². The van der Waals surface area contributed by atoms with Gasteiger partial charge in [0.1, 0.15) is 0 Å². The van der Waals surface area contributed by atoms with Gasteiger partial charge < -0.3 is 5.32 Å². The van der Waals surface area contributed by atoms with Gasteiger partial charge in [0.15, 0.2) is 0 Å². The van der Waals surface area contributed by atoms with Crippen LogP contribution in [0, 0.1) is 5.92 Å². The number of piperidine rings is 1. The first-order valence-electron chi connectivity index (χ1n) is 6.36. The summed E-state index contributed by atoms with van der Waals surface area (Å²) in [5, 5.41) is 5.08. The number of hydrogen-bond donors (Lipinski definition) is 1. The highest BCUT2D eigenvalue weighted by atomic mass is 35.5. The van der Waals surface area contributed by atoms with Crippen molar-refractivity contribution in [2.75, 3.05) is 6.54 Å². The lowest BCUT2D eigenvalue weighted by molar-refractivity contribution is 0.294. The molecule has 0 spiro atoms. The topological polar surface area (TPSA) is 12.0 Å². The third-order valence-corrected chi connectivity index (χ3v) is 4.25. The molecule has 0 saturated carbocycles. The fourth-order valence-corrected chi connectivity index (χ4v) is 3.06. The first-order chi connectivity index (χ1) is 8.19. The average Bonchev–Trinajstić information content (AvgIpc) is 2.33. The molecule has 0 radical (unpaired) electrons. The molecule has 1 aromatic rings. The molecular weight excluding hydrogens is 253 g/mol. The van der Waals surface area contributed by atoms with Crippen LogP contribution in [0.2, 0.25) is 10.0 Å². The van der Waals surface area contributed by atoms with Crippen LogP contribution < -0.4 is 5.32 Å². The summed E-state index contributed by atoms with van der Waals surface area (Å²) in [6.07, 6.45) is 4.86. The number of rotatable bonds is 3. The zero-order chi connectivity index (χ0) is 12.3. The van der Waals surface area contributed by atoms with Crippen LogP contribution in [0.25, 0.3) is 0 Å². The lowest BCUT2D eigenvalue weighted by atomic mass is 9.88. The van der Waals surface area contributed by atoms with Gasteiger partial charge in [0.2, 0.25) is 0 Å². The smallest absolute Gasteiger partial charge is 0.0453 e. The average molecular weight is 272 g/mol. The first kappa shape index (κ1) is 13.2. The van der Waals surface area contributed by atoms with Crippen molar-refractivity contribution in [1.29, 1.82) is 0 Å². The van der Waals surface area contributed by atoms with Crippen LogP contribution in [0.15, 0.2) is 18.2 Å². The third kappa shape index (κ3) is 3.61. The van der Waals surface area contributed by atoms with Crippen LogP contribution in [0.5, 0.6) is 0 Å². The molecule has 1 saturated heterocycles. The Labute approximate surface area is 114 Å². The molecule has 94 valence electrons. The molecule has 0 aromatic heterocycles. The van der Waals surface area contributed by atoms with Crippen molar-refractivity contribution in [3.63, 3.8) is 0 Å². The number of halogens is 2. The van der Waals surface area contributed by atoms with Gasteiger partial charge in [0.25, 0.3) is 0 Å². The molecule has 1 fully saturated rings. The minimum absolute atomic E-state index is 0.562. The summed E-state index contributed by atoms with van der Waals surface area (Å²) in [5.41, 5.74) is 1.20. The van der Waals surface area contributed by atoms with Gasteiger partial charge in [-0.25, -0.2) is 0 Å². The largest absolute Gasteiger partial charge is 0.314 e. The lowest BCUT2D eigenvalue weighted by Gasteiger charge is -2.30. The molecule has 1 N–H and O–H groups in total. The quantitative estimate of drug-likeness (QED) is 0.864. The summed E-state index contributed by atoms with van der Waals surface area (Å²) in [6.45, 7) is 3.41. The molecule has 1 nitrogen and oxygen atoms in total. The summed E-state index contributed by atoms with van der Waals surface area (Å²) in [5.74, 6) is 0.868. The fourth-order valence-electron chi connectivity index (χ4n) is 2.57. The molecular formula is C14H19Cl2N. The lowest BCUT2D eigenvalue weighted by Crippen LogP contribution is -2.39. The van der Waals surface area contributed by atoms with Crippen molar-refractivity contribution < 1.29 is 0 Å². The minimum Gasteiger partial charge on any atom is -0.314 e. The monoisotopic (exact) mass is 271 g/mol. The molecule has 1 aliphatic heterocycles. The van der Waals surface area contributed by atoms with Crippen molar-refractivity contribution in [1.82, 2.24) is 5.32 Å². The molecule has 0 amide bonds. The van der Waals surface area contributed by atoms with Crippen molar-refractivity contribution >= 4 is 23.2 Å². The van der Waals surface area contributed by atoms with E-state index in [0.717, 1.165) is 23.9 Å². The van der Waals surface area contributed by atoms with E-state index in [-0.39, 0.29) is 0 Å². The van der Waals surface area contributed by atoms with E-state index >= 15 is 0 Å². The van der Waals surface area contributed by atoms with E-state index in [1.807, 2.05) is 18.2 Å². The van der Waals surface area contributed by atoms with Crippen LogP contribution in [0.4, 0.5) is 0 Å². The van der Waals surface area contributed by atoms with Gasteiger partial charge in [-0.05, 0) is 49.4 Å². The Morgan fingerprint density at radius 3 is 2.88 bits per heavy atom. The Morgan fingerprint density at radius 2 is 2.18 bits per heavy atom. The predicted octanol–water partition coefficient (Wildman–Crippen LogP) is 4.31. The molecule has 1 aliphatic rings. The Hall–Kier alpha value is -0.240. The maximum absolute atomic E-state index is 6.21. The van der Waals surface area contributed by atoms with Crippen LogP contribution in [-0.4, -0.2) is 12.6 Å². The highest BCUT2D eigenvalue weighted by Crippen LogP contribution is 2.26. The Balaban J connectivity index is 2.00. The van der Waals surface area contributed by atoms with E-state index in [2.05, 4.69) is 12.2 Å². The normalized spacial score (nSPS) is 24.9. The molecule has 1 heterocycles. The maximum Gasteiger partial charge on any atom is 0.0453 e. The Bertz CT molecular complexity index is 378. The third-order valence-electron chi connectivity index (χ3n) is 3.66. The molecule has 2 atom stereocenters. The van der Waals surface area contributed by atoms with Crippen LogP contribution in [0.1, 0.15) is 31.7 Å². The van der Waals surface area contributed by atoms with Gasteiger partial charge >= 0.3 is 0 Å². The number of benzene rings is 1. The summed E-state index contributed by atoms with van der Waals surface area (Å²) < 4.78 is 0. The summed E-state index contributed by atoms with van der Waals surface area (Å²) in [6, 6.07) is 6.36. The van der Waals surface area contributed by atoms with Gasteiger partial charge in [0, 0.05) is 16.1 Å². The van der Waals surface area contributed by atoms with Crippen LogP contribution in [0.3, 0.4) is 0 Å². The Kier molecular flexibility index (Phi) is 4.72. The molecule has 1 aromatic carbocycles. The van der Waals surface area contributed by atoms with Crippen LogP contribution in [-0.2, 0) is 6.42 Å². The van der Waals surface area contributed by atoms with Gasteiger partial charge in [0.05, 0.1) is 0 Å². The molecule has 2 rings (SSSR count). The van der Waals surface area contributed by atoms with Crippen molar-refractivity contribution in [3.8, 4) is 0 Å². The van der Waals surface area contributed by atoms with Crippen molar-refractivity contribution in [2.45, 2.75) is 38.6 Å². The van der Waals surface area contributed by atoms with Crippen LogP contribution >= 0.6 is 23.2 Å². The molecule has 0 aliphatic carbocycles. The summed E-state index contributed by atoms with van der Waals surface area (Å²) >= 11 is 12.1. The van der Waals surface area contributed by atoms with E-state index in [9.17, 15) is 0 Å². The minimum atomic E-state index is 0.562. The van der Waals surface area contributed by atoms with Gasteiger partial charge in [-0.15, -0.1) is 0 Å². The second-order valence-electron chi connectivity index (χ2n) is 4.89. The number of nitrogens with one attached hydrogen (secondary N) is 1. The zero-order valence-corrected chi connectivity index (χ0v) is 11.7. The van der Waals surface area contributed by atoms with Gasteiger partial charge in [-0.3, -0.25) is 0 Å². The first-order valence-corrected chi connectivity index (χ1v) is 7.12. The van der Waals surface area contributed by atoms with Gasteiger partial charge in [-0.1, -0.05) is 42.6 Å². The highest BCUT2D eigenvalue weighted by molar-refractivity contribution is 6.35. The summed E-state index contributed by atoms with van der Waals surface area (Å²) in [4.78, 5) is 0. The summed E-state index contributed by atoms with van der Waals surface area (Å²) in [7, 11) is 0. The van der Waals surface area contributed by atoms with E-state index in [4.69, 9.17) is 23.2 Å². The Morgan fingerprint density at radius 1 is 1.35 bits per heavy atom. The molecule has 0 bridgehead atoms. The molecule has 2 unspecified atom stereocenters. The molecule has 17 heavy (non-hydrogen) atoms. The van der Waals surface area contributed by atoms with Gasteiger partial charge in [-0.2, -0.15) is 0 Å². The number of hydrogen-bond acceptors (Lipinski definition) is 1. The second-order valence-corrected chi connectivity index (χ2v) is 5.73. The standard InChI is InChI=1S/C14H19Cl2N/c1-2-10-5-6-17-13(7-10)8-11-3-4-12(15)9-14(11)16/h3-4,9-10,13,17H,2,5-8H2,1H3.